The molecule has 136 valence electrons. The Labute approximate surface area is 155 Å². The number of rotatable bonds is 6. The third-order valence-electron chi connectivity index (χ3n) is 3.60. The molecule has 3 aromatic rings. The van der Waals surface area contributed by atoms with E-state index in [1.54, 1.807) is 24.4 Å². The van der Waals surface area contributed by atoms with Crippen LogP contribution in [0.15, 0.2) is 59.6 Å². The summed E-state index contributed by atoms with van der Waals surface area (Å²) in [6, 6.07) is 11.6. The van der Waals surface area contributed by atoms with Crippen LogP contribution in [0.25, 0.3) is 0 Å². The van der Waals surface area contributed by atoms with Crippen LogP contribution < -0.4 is 9.46 Å². The summed E-state index contributed by atoms with van der Waals surface area (Å²) in [4.78, 5) is 0.0921. The highest BCUT2D eigenvalue weighted by molar-refractivity contribution is 7.92. The maximum absolute atomic E-state index is 13.1. The van der Waals surface area contributed by atoms with Crippen molar-refractivity contribution in [1.29, 1.82) is 0 Å². The van der Waals surface area contributed by atoms with Gasteiger partial charge in [-0.15, -0.1) is 0 Å². The van der Waals surface area contributed by atoms with Gasteiger partial charge in [-0.2, -0.15) is 5.10 Å². The lowest BCUT2D eigenvalue weighted by molar-refractivity contribution is 0.414. The van der Waals surface area contributed by atoms with Gasteiger partial charge in [-0.1, -0.05) is 17.7 Å². The van der Waals surface area contributed by atoms with Crippen molar-refractivity contribution in [1.82, 2.24) is 9.78 Å². The second-order valence-corrected chi connectivity index (χ2v) is 7.50. The fourth-order valence-electron chi connectivity index (χ4n) is 2.28. The van der Waals surface area contributed by atoms with Crippen LogP contribution in [0.5, 0.6) is 5.75 Å². The summed E-state index contributed by atoms with van der Waals surface area (Å²) in [5.41, 5.74) is 0.667. The molecule has 0 atom stereocenters. The van der Waals surface area contributed by atoms with E-state index in [4.69, 9.17) is 16.3 Å². The van der Waals surface area contributed by atoms with Crippen LogP contribution in [0.2, 0.25) is 5.02 Å². The van der Waals surface area contributed by atoms with Crippen LogP contribution in [-0.4, -0.2) is 25.3 Å². The van der Waals surface area contributed by atoms with Crippen molar-refractivity contribution >= 4 is 27.4 Å². The average Bonchev–Trinajstić information content (AvgIpc) is 3.04. The molecule has 0 aliphatic heterocycles. The van der Waals surface area contributed by atoms with E-state index in [0.717, 1.165) is 0 Å². The van der Waals surface area contributed by atoms with Crippen LogP contribution >= 0.6 is 11.6 Å². The van der Waals surface area contributed by atoms with Gasteiger partial charge in [-0.3, -0.25) is 9.40 Å². The number of aromatic nitrogens is 2. The molecule has 0 aliphatic carbocycles. The van der Waals surface area contributed by atoms with Crippen LogP contribution in [-0.2, 0) is 16.6 Å². The predicted octanol–water partition coefficient (Wildman–Crippen LogP) is 3.53. The Morgan fingerprint density at radius 2 is 1.92 bits per heavy atom. The summed E-state index contributed by atoms with van der Waals surface area (Å²) in [7, 11) is -2.27. The average molecular weight is 396 g/mol. The number of benzene rings is 2. The molecule has 1 N–H and O–H groups in total. The summed E-state index contributed by atoms with van der Waals surface area (Å²) < 4.78 is 46.8. The van der Waals surface area contributed by atoms with E-state index in [-0.39, 0.29) is 22.3 Å². The zero-order valence-corrected chi connectivity index (χ0v) is 15.3. The van der Waals surface area contributed by atoms with Crippen molar-refractivity contribution in [2.75, 3.05) is 11.8 Å². The SMILES string of the molecule is COc1ccc(S(=O)(=O)Nc2ccn(Cc3ccc(F)cc3Cl)n2)cc1. The number of ether oxygens (including phenoxy) is 1. The zero-order chi connectivity index (χ0) is 18.7. The Hall–Kier alpha value is -2.58. The third-order valence-corrected chi connectivity index (χ3v) is 5.32. The first kappa shape index (κ1) is 18.2. The van der Waals surface area contributed by atoms with Crippen molar-refractivity contribution in [3.8, 4) is 5.75 Å². The number of sulfonamides is 1. The standard InChI is InChI=1S/C17H15ClFN3O3S/c1-25-14-4-6-15(7-5-14)26(23,24)21-17-8-9-22(20-17)11-12-2-3-13(19)10-16(12)18/h2-10H,11H2,1H3,(H,20,21). The lowest BCUT2D eigenvalue weighted by Crippen LogP contribution is -2.13. The highest BCUT2D eigenvalue weighted by Crippen LogP contribution is 2.20. The molecular weight excluding hydrogens is 381 g/mol. The third kappa shape index (κ3) is 4.14. The molecule has 0 amide bonds. The molecule has 0 bridgehead atoms. The Morgan fingerprint density at radius 1 is 1.19 bits per heavy atom. The second kappa shape index (κ2) is 7.35. The van der Waals surface area contributed by atoms with Gasteiger partial charge in [0.1, 0.15) is 11.6 Å². The summed E-state index contributed by atoms with van der Waals surface area (Å²) in [5, 5.41) is 4.44. The maximum atomic E-state index is 13.1. The largest absolute Gasteiger partial charge is 0.497 e. The lowest BCUT2D eigenvalue weighted by Gasteiger charge is -2.07. The normalized spacial score (nSPS) is 11.3. The van der Waals surface area contributed by atoms with Crippen molar-refractivity contribution in [2.45, 2.75) is 11.4 Å². The first-order chi connectivity index (χ1) is 12.4. The molecule has 1 aromatic heterocycles. The van der Waals surface area contributed by atoms with Crippen LogP contribution in [0.1, 0.15) is 5.56 Å². The number of nitrogens with zero attached hydrogens (tertiary/aromatic N) is 2. The van der Waals surface area contributed by atoms with E-state index >= 15 is 0 Å². The molecule has 6 nitrogen and oxygen atoms in total. The van der Waals surface area contributed by atoms with Gasteiger partial charge in [-0.05, 0) is 42.0 Å². The van der Waals surface area contributed by atoms with Gasteiger partial charge in [0, 0.05) is 17.3 Å². The van der Waals surface area contributed by atoms with Crippen molar-refractivity contribution in [3.63, 3.8) is 0 Å². The van der Waals surface area contributed by atoms with Gasteiger partial charge in [0.2, 0.25) is 0 Å². The minimum atomic E-state index is -3.77. The fourth-order valence-corrected chi connectivity index (χ4v) is 3.50. The Balaban J connectivity index is 1.74. The molecule has 2 aromatic carbocycles. The van der Waals surface area contributed by atoms with Gasteiger partial charge in [0.05, 0.1) is 18.6 Å². The predicted molar refractivity (Wildman–Crippen MR) is 96.5 cm³/mol. The van der Waals surface area contributed by atoms with Gasteiger partial charge < -0.3 is 4.74 Å². The number of anilines is 1. The number of hydrogen-bond donors (Lipinski definition) is 1. The smallest absolute Gasteiger partial charge is 0.263 e. The van der Waals surface area contributed by atoms with E-state index in [1.165, 1.54) is 42.1 Å². The molecule has 0 spiro atoms. The number of methoxy groups -OCH3 is 1. The molecule has 0 fully saturated rings. The van der Waals surface area contributed by atoms with Crippen LogP contribution in [0.3, 0.4) is 0 Å². The topological polar surface area (TPSA) is 73.2 Å². The molecular formula is C17H15ClFN3O3S. The first-order valence-electron chi connectivity index (χ1n) is 7.51. The Morgan fingerprint density at radius 3 is 2.58 bits per heavy atom. The molecule has 0 saturated heterocycles. The van der Waals surface area contributed by atoms with Crippen molar-refractivity contribution in [3.05, 3.63) is 71.1 Å². The van der Waals surface area contributed by atoms with Crippen molar-refractivity contribution in [2.24, 2.45) is 0 Å². The zero-order valence-electron chi connectivity index (χ0n) is 13.7. The van der Waals surface area contributed by atoms with Gasteiger partial charge >= 0.3 is 0 Å². The van der Waals surface area contributed by atoms with E-state index in [0.29, 0.717) is 11.3 Å². The quantitative estimate of drug-likeness (QED) is 0.693. The lowest BCUT2D eigenvalue weighted by atomic mass is 10.2. The number of hydrogen-bond acceptors (Lipinski definition) is 4. The molecule has 0 aliphatic rings. The highest BCUT2D eigenvalue weighted by Gasteiger charge is 2.16. The minimum Gasteiger partial charge on any atom is -0.497 e. The monoisotopic (exact) mass is 395 g/mol. The van der Waals surface area contributed by atoms with E-state index in [9.17, 15) is 12.8 Å². The van der Waals surface area contributed by atoms with E-state index in [1.807, 2.05) is 0 Å². The van der Waals surface area contributed by atoms with E-state index < -0.39 is 15.8 Å². The maximum Gasteiger partial charge on any atom is 0.263 e. The Bertz CT molecular complexity index is 1020. The summed E-state index contributed by atoms with van der Waals surface area (Å²) in [6.07, 6.45) is 1.60. The summed E-state index contributed by atoms with van der Waals surface area (Å²) in [5.74, 6) is 0.301. The molecule has 0 saturated carbocycles. The first-order valence-corrected chi connectivity index (χ1v) is 9.38. The van der Waals surface area contributed by atoms with Gasteiger partial charge in [0.15, 0.2) is 5.82 Å². The summed E-state index contributed by atoms with van der Waals surface area (Å²) in [6.45, 7) is 0.281. The number of halogens is 2. The van der Waals surface area contributed by atoms with Gasteiger partial charge in [0.25, 0.3) is 10.0 Å². The highest BCUT2D eigenvalue weighted by atomic mass is 35.5. The minimum absolute atomic E-state index is 0.0921. The van der Waals surface area contributed by atoms with Crippen LogP contribution in [0.4, 0.5) is 10.2 Å². The molecule has 9 heteroatoms. The molecule has 26 heavy (non-hydrogen) atoms. The fraction of sp³-hybridized carbons (Fsp3) is 0.118. The molecule has 0 radical (unpaired) electrons. The number of nitrogens with one attached hydrogen (secondary N) is 1. The van der Waals surface area contributed by atoms with Crippen molar-refractivity contribution < 1.29 is 17.5 Å². The second-order valence-electron chi connectivity index (χ2n) is 5.42. The van der Waals surface area contributed by atoms with Crippen LogP contribution in [0, 0.1) is 5.82 Å². The van der Waals surface area contributed by atoms with E-state index in [2.05, 4.69) is 9.82 Å². The summed E-state index contributed by atoms with van der Waals surface area (Å²) >= 11 is 5.99. The molecule has 3 rings (SSSR count). The molecule has 1 heterocycles. The molecule has 0 unspecified atom stereocenters. The van der Waals surface area contributed by atoms with Gasteiger partial charge in [-0.25, -0.2) is 12.8 Å². The Kier molecular flexibility index (Phi) is 5.15.